The van der Waals surface area contributed by atoms with Crippen molar-refractivity contribution in [2.24, 2.45) is 5.73 Å². The largest absolute Gasteiger partial charge is 0.336 e. The molecule has 2 heterocycles. The van der Waals surface area contributed by atoms with Crippen molar-refractivity contribution >= 4 is 27.3 Å². The molecule has 2 rings (SSSR count). The van der Waals surface area contributed by atoms with Crippen molar-refractivity contribution in [3.8, 4) is 10.6 Å². The van der Waals surface area contributed by atoms with Crippen LogP contribution in [0.5, 0.6) is 0 Å². The number of imidazole rings is 1. The van der Waals surface area contributed by atoms with Gasteiger partial charge in [0, 0.05) is 19.3 Å². The molecule has 0 unspecified atom stereocenters. The van der Waals surface area contributed by atoms with Crippen LogP contribution >= 0.6 is 27.3 Å². The third kappa shape index (κ3) is 2.05. The molecular formula is C9H10BrN3S. The molecule has 0 aliphatic rings. The zero-order chi connectivity index (χ0) is 9.97. The number of rotatable bonds is 3. The van der Waals surface area contributed by atoms with Gasteiger partial charge in [0.1, 0.15) is 0 Å². The van der Waals surface area contributed by atoms with Crippen LogP contribution in [0.15, 0.2) is 28.4 Å². The van der Waals surface area contributed by atoms with Crippen molar-refractivity contribution < 1.29 is 0 Å². The van der Waals surface area contributed by atoms with Crippen molar-refractivity contribution in [2.45, 2.75) is 6.54 Å². The Morgan fingerprint density at radius 1 is 1.50 bits per heavy atom. The molecule has 74 valence electrons. The SMILES string of the molecule is NCCn1cnc(-c2ccc(Br)s2)c1. The number of aromatic nitrogens is 2. The Morgan fingerprint density at radius 2 is 2.36 bits per heavy atom. The number of nitrogens with zero attached hydrogens (tertiary/aromatic N) is 2. The Bertz CT molecular complexity index is 421. The topological polar surface area (TPSA) is 43.8 Å². The molecule has 2 aromatic rings. The molecule has 0 radical (unpaired) electrons. The molecule has 0 saturated carbocycles. The fourth-order valence-electron chi connectivity index (χ4n) is 1.21. The lowest BCUT2D eigenvalue weighted by Crippen LogP contribution is -2.07. The molecule has 2 aromatic heterocycles. The van der Waals surface area contributed by atoms with E-state index in [0.717, 1.165) is 16.0 Å². The van der Waals surface area contributed by atoms with E-state index in [-0.39, 0.29) is 0 Å². The van der Waals surface area contributed by atoms with Crippen molar-refractivity contribution in [3.05, 3.63) is 28.4 Å². The molecule has 0 bridgehead atoms. The van der Waals surface area contributed by atoms with Gasteiger partial charge in [-0.15, -0.1) is 11.3 Å². The van der Waals surface area contributed by atoms with Gasteiger partial charge >= 0.3 is 0 Å². The van der Waals surface area contributed by atoms with Crippen LogP contribution in [0.25, 0.3) is 10.6 Å². The first kappa shape index (κ1) is 9.89. The standard InChI is InChI=1S/C9H10BrN3S/c10-9-2-1-8(14-9)7-5-13(4-3-11)6-12-7/h1-2,5-6H,3-4,11H2. The summed E-state index contributed by atoms with van der Waals surface area (Å²) in [7, 11) is 0. The third-order valence-electron chi connectivity index (χ3n) is 1.85. The predicted octanol–water partition coefficient (Wildman–Crippen LogP) is 2.33. The Labute approximate surface area is 94.7 Å². The Balaban J connectivity index is 2.24. The summed E-state index contributed by atoms with van der Waals surface area (Å²) in [6, 6.07) is 4.09. The summed E-state index contributed by atoms with van der Waals surface area (Å²) in [4.78, 5) is 5.49. The predicted molar refractivity (Wildman–Crippen MR) is 62.3 cm³/mol. The van der Waals surface area contributed by atoms with Gasteiger partial charge in [0.25, 0.3) is 0 Å². The van der Waals surface area contributed by atoms with E-state index >= 15 is 0 Å². The highest BCUT2D eigenvalue weighted by atomic mass is 79.9. The van der Waals surface area contributed by atoms with E-state index < -0.39 is 0 Å². The lowest BCUT2D eigenvalue weighted by Gasteiger charge is -1.94. The summed E-state index contributed by atoms with van der Waals surface area (Å²) < 4.78 is 3.13. The van der Waals surface area contributed by atoms with Gasteiger partial charge in [-0.1, -0.05) is 0 Å². The van der Waals surface area contributed by atoms with Gasteiger partial charge in [0.2, 0.25) is 0 Å². The fraction of sp³-hybridized carbons (Fsp3) is 0.222. The van der Waals surface area contributed by atoms with E-state index in [1.165, 1.54) is 4.88 Å². The first-order valence-corrected chi connectivity index (χ1v) is 5.88. The maximum Gasteiger partial charge on any atom is 0.0982 e. The molecule has 0 saturated heterocycles. The summed E-state index contributed by atoms with van der Waals surface area (Å²) in [5.74, 6) is 0. The van der Waals surface area contributed by atoms with Crippen LogP contribution in [0.3, 0.4) is 0 Å². The van der Waals surface area contributed by atoms with Crippen LogP contribution in [-0.4, -0.2) is 16.1 Å². The van der Waals surface area contributed by atoms with Crippen LogP contribution in [-0.2, 0) is 6.54 Å². The average Bonchev–Trinajstić information content (AvgIpc) is 2.74. The highest BCUT2D eigenvalue weighted by molar-refractivity contribution is 9.11. The Morgan fingerprint density at radius 3 is 3.00 bits per heavy atom. The highest BCUT2D eigenvalue weighted by Crippen LogP contribution is 2.29. The number of halogens is 1. The second-order valence-electron chi connectivity index (χ2n) is 2.89. The van der Waals surface area contributed by atoms with Gasteiger partial charge in [-0.3, -0.25) is 0 Å². The van der Waals surface area contributed by atoms with Crippen LogP contribution in [0, 0.1) is 0 Å². The molecule has 0 aliphatic carbocycles. The summed E-state index contributed by atoms with van der Waals surface area (Å²) in [6.07, 6.45) is 3.83. The summed E-state index contributed by atoms with van der Waals surface area (Å²) in [5, 5.41) is 0. The lowest BCUT2D eigenvalue weighted by molar-refractivity contribution is 0.708. The van der Waals surface area contributed by atoms with Crippen molar-refractivity contribution in [1.29, 1.82) is 0 Å². The molecule has 0 aliphatic heterocycles. The van der Waals surface area contributed by atoms with Crippen LogP contribution in [0.1, 0.15) is 0 Å². The molecule has 0 amide bonds. The molecule has 14 heavy (non-hydrogen) atoms. The van der Waals surface area contributed by atoms with Crippen molar-refractivity contribution in [2.75, 3.05) is 6.54 Å². The Kier molecular flexibility index (Phi) is 3.00. The first-order chi connectivity index (χ1) is 6.79. The van der Waals surface area contributed by atoms with E-state index in [4.69, 9.17) is 5.73 Å². The maximum atomic E-state index is 5.46. The van der Waals surface area contributed by atoms with Gasteiger partial charge in [-0.2, -0.15) is 0 Å². The molecule has 5 heteroatoms. The number of hydrogen-bond donors (Lipinski definition) is 1. The molecule has 0 spiro atoms. The van der Waals surface area contributed by atoms with Gasteiger partial charge in [-0.05, 0) is 28.1 Å². The van der Waals surface area contributed by atoms with Crippen molar-refractivity contribution in [1.82, 2.24) is 9.55 Å². The molecular weight excluding hydrogens is 262 g/mol. The molecule has 0 fully saturated rings. The van der Waals surface area contributed by atoms with Gasteiger partial charge < -0.3 is 10.3 Å². The van der Waals surface area contributed by atoms with Crippen molar-refractivity contribution in [3.63, 3.8) is 0 Å². The minimum absolute atomic E-state index is 0.643. The van der Waals surface area contributed by atoms with Crippen LogP contribution in [0.4, 0.5) is 0 Å². The smallest absolute Gasteiger partial charge is 0.0982 e. The normalized spacial score (nSPS) is 10.7. The van der Waals surface area contributed by atoms with E-state index in [1.54, 1.807) is 11.3 Å². The number of hydrogen-bond acceptors (Lipinski definition) is 3. The van der Waals surface area contributed by atoms with Crippen LogP contribution < -0.4 is 5.73 Å². The molecule has 3 nitrogen and oxygen atoms in total. The molecule has 0 aromatic carbocycles. The Hall–Kier alpha value is -0.650. The maximum absolute atomic E-state index is 5.46. The minimum atomic E-state index is 0.643. The van der Waals surface area contributed by atoms with Gasteiger partial charge in [0.05, 0.1) is 20.7 Å². The van der Waals surface area contributed by atoms with E-state index in [9.17, 15) is 0 Å². The number of thiophene rings is 1. The van der Waals surface area contributed by atoms with Crippen LogP contribution in [0.2, 0.25) is 0 Å². The summed E-state index contributed by atoms with van der Waals surface area (Å²) >= 11 is 5.11. The zero-order valence-corrected chi connectivity index (χ0v) is 9.88. The van der Waals surface area contributed by atoms with E-state index in [1.807, 2.05) is 23.2 Å². The quantitative estimate of drug-likeness (QED) is 0.932. The lowest BCUT2D eigenvalue weighted by atomic mass is 10.4. The highest BCUT2D eigenvalue weighted by Gasteiger charge is 2.04. The summed E-state index contributed by atoms with van der Waals surface area (Å²) in [5.41, 5.74) is 6.47. The first-order valence-electron chi connectivity index (χ1n) is 4.27. The van der Waals surface area contributed by atoms with E-state index in [2.05, 4.69) is 27.0 Å². The second-order valence-corrected chi connectivity index (χ2v) is 5.35. The fourth-order valence-corrected chi connectivity index (χ4v) is 2.56. The van der Waals surface area contributed by atoms with Gasteiger partial charge in [0.15, 0.2) is 0 Å². The zero-order valence-electron chi connectivity index (χ0n) is 7.48. The monoisotopic (exact) mass is 271 g/mol. The molecule has 0 atom stereocenters. The summed E-state index contributed by atoms with van der Waals surface area (Å²) in [6.45, 7) is 1.46. The number of nitrogens with two attached hydrogens (primary N) is 1. The van der Waals surface area contributed by atoms with Gasteiger partial charge in [-0.25, -0.2) is 4.98 Å². The second kappa shape index (κ2) is 4.25. The average molecular weight is 272 g/mol. The third-order valence-corrected chi connectivity index (χ3v) is 3.49. The molecule has 2 N–H and O–H groups in total. The van der Waals surface area contributed by atoms with E-state index in [0.29, 0.717) is 6.54 Å². The minimum Gasteiger partial charge on any atom is -0.336 e.